The zero-order valence-electron chi connectivity index (χ0n) is 9.23. The highest BCUT2D eigenvalue weighted by Gasteiger charge is 2.10. The molecule has 4 heteroatoms. The Balaban J connectivity index is 2.66. The minimum atomic E-state index is -0.347. The molecule has 0 N–H and O–H groups in total. The highest BCUT2D eigenvalue weighted by atomic mass is 16.5. The minimum absolute atomic E-state index is 0.347. The predicted octanol–water partition coefficient (Wildman–Crippen LogP) is 2.12. The Labute approximate surface area is 92.7 Å². The third-order valence-corrected chi connectivity index (χ3v) is 2.34. The Morgan fingerprint density at radius 3 is 2.88 bits per heavy atom. The molecule has 4 nitrogen and oxygen atoms in total. The van der Waals surface area contributed by atoms with Crippen molar-refractivity contribution in [2.75, 3.05) is 0 Å². The molecule has 0 atom stereocenters. The minimum Gasteiger partial charge on any atom is -0.335 e. The maximum atomic E-state index is 11.5. The average Bonchev–Trinajstić information content (AvgIpc) is 2.54. The number of fused-ring (bicyclic) bond motifs is 1. The van der Waals surface area contributed by atoms with Gasteiger partial charge in [0.25, 0.3) is 0 Å². The monoisotopic (exact) mass is 216 g/mol. The van der Waals surface area contributed by atoms with Gasteiger partial charge >= 0.3 is 5.63 Å². The summed E-state index contributed by atoms with van der Waals surface area (Å²) in [7, 11) is 0. The normalized spacial score (nSPS) is 10.9. The van der Waals surface area contributed by atoms with E-state index < -0.39 is 0 Å². The second-order valence-corrected chi connectivity index (χ2v) is 4.18. The number of rotatable bonds is 2. The summed E-state index contributed by atoms with van der Waals surface area (Å²) in [6.07, 6.45) is 0. The van der Waals surface area contributed by atoms with E-state index >= 15 is 0 Å². The van der Waals surface area contributed by atoms with Gasteiger partial charge in [-0.3, -0.25) is 0 Å². The van der Waals surface area contributed by atoms with Crippen LogP contribution in [0, 0.1) is 17.2 Å². The van der Waals surface area contributed by atoms with Crippen molar-refractivity contribution < 1.29 is 4.52 Å². The third-order valence-electron chi connectivity index (χ3n) is 2.34. The molecule has 1 aromatic carbocycles. The molecule has 82 valence electrons. The van der Waals surface area contributed by atoms with Gasteiger partial charge in [-0.2, -0.15) is 5.26 Å². The highest BCUT2D eigenvalue weighted by molar-refractivity contribution is 5.79. The fourth-order valence-corrected chi connectivity index (χ4v) is 1.65. The second kappa shape index (κ2) is 3.86. The van der Waals surface area contributed by atoms with Crippen molar-refractivity contribution in [3.63, 3.8) is 0 Å². The van der Waals surface area contributed by atoms with Crippen LogP contribution < -0.4 is 5.63 Å². The smallest absolute Gasteiger partial charge is 0.335 e. The molecule has 0 amide bonds. The molecule has 0 bridgehead atoms. The number of benzene rings is 1. The average molecular weight is 216 g/mol. The lowest BCUT2D eigenvalue weighted by Crippen LogP contribution is -2.03. The van der Waals surface area contributed by atoms with Gasteiger partial charge < -0.3 is 4.52 Å². The van der Waals surface area contributed by atoms with E-state index in [4.69, 9.17) is 9.78 Å². The number of aromatic nitrogens is 1. The predicted molar refractivity (Wildman–Crippen MR) is 60.0 cm³/mol. The van der Waals surface area contributed by atoms with Gasteiger partial charge in [-0.25, -0.2) is 9.53 Å². The molecule has 0 unspecified atom stereocenters. The van der Waals surface area contributed by atoms with Crippen molar-refractivity contribution in [2.24, 2.45) is 5.92 Å². The molecule has 2 aromatic rings. The molecule has 0 spiro atoms. The number of hydrogen-bond acceptors (Lipinski definition) is 3. The van der Waals surface area contributed by atoms with Crippen molar-refractivity contribution in [1.29, 1.82) is 5.26 Å². The molecule has 0 radical (unpaired) electrons. The SMILES string of the molecule is CC(C)Cn1oc(=O)c2ccc(C#N)cc21. The standard InChI is InChI=1S/C12H12N2O2/c1-8(2)7-14-11-5-9(6-13)3-4-10(11)12(15)16-14/h3-5,8H,7H2,1-2H3. The molecule has 0 saturated carbocycles. The maximum Gasteiger partial charge on any atom is 0.365 e. The lowest BCUT2D eigenvalue weighted by Gasteiger charge is -2.04. The summed E-state index contributed by atoms with van der Waals surface area (Å²) in [4.78, 5) is 11.5. The number of hydrogen-bond donors (Lipinski definition) is 0. The molecule has 0 fully saturated rings. The van der Waals surface area contributed by atoms with E-state index in [1.807, 2.05) is 13.8 Å². The quantitative estimate of drug-likeness (QED) is 0.772. The van der Waals surface area contributed by atoms with Crippen molar-refractivity contribution in [2.45, 2.75) is 20.4 Å². The van der Waals surface area contributed by atoms with Gasteiger partial charge in [0, 0.05) is 0 Å². The Bertz CT molecular complexity index is 614. The fourth-order valence-electron chi connectivity index (χ4n) is 1.65. The maximum absolute atomic E-state index is 11.5. The molecular weight excluding hydrogens is 204 g/mol. The van der Waals surface area contributed by atoms with E-state index in [0.29, 0.717) is 28.9 Å². The largest absolute Gasteiger partial charge is 0.365 e. The van der Waals surface area contributed by atoms with E-state index in [1.165, 1.54) is 0 Å². The van der Waals surface area contributed by atoms with Crippen LogP contribution in [-0.4, -0.2) is 4.74 Å². The van der Waals surface area contributed by atoms with Crippen LogP contribution in [0.3, 0.4) is 0 Å². The Morgan fingerprint density at radius 2 is 2.25 bits per heavy atom. The topological polar surface area (TPSA) is 58.9 Å². The molecule has 0 aliphatic carbocycles. The summed E-state index contributed by atoms with van der Waals surface area (Å²) in [6.45, 7) is 4.72. The van der Waals surface area contributed by atoms with Gasteiger partial charge in [0.2, 0.25) is 0 Å². The molecule has 1 heterocycles. The van der Waals surface area contributed by atoms with Crippen LogP contribution in [0.5, 0.6) is 0 Å². The Hall–Kier alpha value is -2.02. The van der Waals surface area contributed by atoms with Gasteiger partial charge in [0.15, 0.2) is 0 Å². The molecule has 16 heavy (non-hydrogen) atoms. The van der Waals surface area contributed by atoms with E-state index in [2.05, 4.69) is 6.07 Å². The number of nitrogens with zero attached hydrogens (tertiary/aromatic N) is 2. The van der Waals surface area contributed by atoms with Gasteiger partial charge in [0.05, 0.1) is 29.1 Å². The van der Waals surface area contributed by atoms with E-state index in [1.54, 1.807) is 22.9 Å². The molecule has 0 saturated heterocycles. The van der Waals surface area contributed by atoms with Crippen LogP contribution in [0.2, 0.25) is 0 Å². The summed E-state index contributed by atoms with van der Waals surface area (Å²) in [5.41, 5.74) is 0.878. The Kier molecular flexibility index (Phi) is 2.53. The van der Waals surface area contributed by atoms with Crippen LogP contribution in [0.25, 0.3) is 10.9 Å². The van der Waals surface area contributed by atoms with Crippen LogP contribution in [0.1, 0.15) is 19.4 Å². The first-order valence-electron chi connectivity index (χ1n) is 5.16. The third kappa shape index (κ3) is 1.72. The van der Waals surface area contributed by atoms with Crippen LogP contribution in [0.15, 0.2) is 27.5 Å². The van der Waals surface area contributed by atoms with Crippen molar-refractivity contribution in [3.8, 4) is 6.07 Å². The summed E-state index contributed by atoms with van der Waals surface area (Å²) in [6, 6.07) is 6.99. The molecule has 0 aliphatic rings. The van der Waals surface area contributed by atoms with E-state index in [9.17, 15) is 4.79 Å². The Morgan fingerprint density at radius 1 is 1.50 bits per heavy atom. The van der Waals surface area contributed by atoms with Crippen LogP contribution in [-0.2, 0) is 6.54 Å². The van der Waals surface area contributed by atoms with Gasteiger partial charge in [0.1, 0.15) is 0 Å². The van der Waals surface area contributed by atoms with Crippen molar-refractivity contribution >= 4 is 10.9 Å². The second-order valence-electron chi connectivity index (χ2n) is 4.18. The first-order valence-corrected chi connectivity index (χ1v) is 5.16. The lowest BCUT2D eigenvalue weighted by molar-refractivity contribution is 0.238. The molecule has 0 aliphatic heterocycles. The molecular formula is C12H12N2O2. The van der Waals surface area contributed by atoms with Crippen LogP contribution >= 0.6 is 0 Å². The van der Waals surface area contributed by atoms with Crippen molar-refractivity contribution in [1.82, 2.24) is 4.74 Å². The first kappa shape index (κ1) is 10.5. The van der Waals surface area contributed by atoms with Gasteiger partial charge in [-0.05, 0) is 24.1 Å². The van der Waals surface area contributed by atoms with Gasteiger partial charge in [-0.1, -0.05) is 13.8 Å². The molecule has 1 aromatic heterocycles. The first-order chi connectivity index (χ1) is 7.61. The summed E-state index contributed by atoms with van der Waals surface area (Å²) < 4.78 is 6.69. The van der Waals surface area contributed by atoms with E-state index in [-0.39, 0.29) is 5.63 Å². The van der Waals surface area contributed by atoms with Crippen LogP contribution in [0.4, 0.5) is 0 Å². The zero-order valence-corrected chi connectivity index (χ0v) is 9.23. The van der Waals surface area contributed by atoms with Gasteiger partial charge in [-0.15, -0.1) is 0 Å². The molecule has 2 rings (SSSR count). The summed E-state index contributed by atoms with van der Waals surface area (Å²) in [5.74, 6) is 0.379. The van der Waals surface area contributed by atoms with Crippen molar-refractivity contribution in [3.05, 3.63) is 34.2 Å². The van der Waals surface area contributed by atoms with E-state index in [0.717, 1.165) is 0 Å². The summed E-state index contributed by atoms with van der Waals surface area (Å²) in [5, 5.41) is 9.34. The number of nitriles is 1. The highest BCUT2D eigenvalue weighted by Crippen LogP contribution is 2.15. The lowest BCUT2D eigenvalue weighted by atomic mass is 10.1. The summed E-state index contributed by atoms with van der Waals surface area (Å²) >= 11 is 0. The fraction of sp³-hybridized carbons (Fsp3) is 0.333. The zero-order chi connectivity index (χ0) is 11.7.